The molecule has 1 saturated carbocycles. The van der Waals surface area contributed by atoms with E-state index in [9.17, 15) is 19.2 Å². The number of hydrogen-bond acceptors (Lipinski definition) is 10. The molecular weight excluding hydrogens is 841 g/mol. The molecule has 5 heterocycles. The molecule has 3 aliphatic heterocycles. The smallest absolute Gasteiger partial charge is 0.407 e. The van der Waals surface area contributed by atoms with Crippen molar-refractivity contribution < 1.29 is 38.1 Å². The van der Waals surface area contributed by atoms with Crippen molar-refractivity contribution in [1.82, 2.24) is 40.4 Å². The first-order valence-electron chi connectivity index (χ1n) is 22.7. The second-order valence-corrected chi connectivity index (χ2v) is 18.3. The van der Waals surface area contributed by atoms with E-state index in [0.29, 0.717) is 43.5 Å². The highest BCUT2D eigenvalue weighted by Gasteiger charge is 2.51. The predicted octanol–water partition coefficient (Wildman–Crippen LogP) is 7.73. The van der Waals surface area contributed by atoms with Crippen molar-refractivity contribution in [3.63, 3.8) is 0 Å². The number of rotatable bonds is 11. The van der Waals surface area contributed by atoms with E-state index in [1.165, 1.54) is 14.2 Å². The molecule has 0 unspecified atom stereocenters. The van der Waals surface area contributed by atoms with Crippen LogP contribution in [0.1, 0.15) is 80.4 Å². The standard InChI is InChI=1S/C50H54N8O8/c1-26(2)42(55-49(61)64-4)48(60)58-38-16-13-31(38)20-40(58)46-52-36-15-12-29-19-35-33-14-11-30(18-32(33)25-66-41(35)21-34(29)44(36)54-46)37-22-51-45(53-37)39-17-27(24-63-3)23-57(39)47(59)43(56-50(62)65-5)28-9-7-6-8-10-28/h6-12,14-15,18-19,21-22,26-27,31,38-40,42-43H,13,16-17,20,23-25H2,1-5H3,(H,51,53)(H,52,54)(H,55,61)(H,56,62)/t27-,31-,38-,39-,40-,42-,43+/m0/s1. The minimum Gasteiger partial charge on any atom is -0.488 e. The van der Waals surface area contributed by atoms with Gasteiger partial charge in [0.05, 0.1) is 55.8 Å². The zero-order valence-electron chi connectivity index (χ0n) is 37.6. The van der Waals surface area contributed by atoms with Gasteiger partial charge in [0.2, 0.25) is 5.91 Å². The molecule has 16 nitrogen and oxygen atoms in total. The summed E-state index contributed by atoms with van der Waals surface area (Å²) in [6.45, 7) is 5.13. The average Bonchev–Trinajstić information content (AvgIpc) is 4.13. The fourth-order valence-electron chi connectivity index (χ4n) is 10.6. The molecule has 0 bridgehead atoms. The van der Waals surface area contributed by atoms with Crippen LogP contribution in [0.15, 0.2) is 79.0 Å². The number of methoxy groups -OCH3 is 3. The molecule has 4 aliphatic rings. The molecule has 4 aromatic carbocycles. The molecule has 4 amide bonds. The van der Waals surface area contributed by atoms with Crippen molar-refractivity contribution in [3.05, 3.63) is 102 Å². The lowest BCUT2D eigenvalue weighted by Gasteiger charge is -2.39. The lowest BCUT2D eigenvalue weighted by molar-refractivity contribution is -0.139. The van der Waals surface area contributed by atoms with Crippen LogP contribution in [0, 0.1) is 17.8 Å². The number of aromatic amines is 2. The van der Waals surface area contributed by atoms with Crippen LogP contribution in [0.5, 0.6) is 5.75 Å². The lowest BCUT2D eigenvalue weighted by atomic mass is 9.80. The van der Waals surface area contributed by atoms with Crippen LogP contribution in [0.25, 0.3) is 44.2 Å². The van der Waals surface area contributed by atoms with Gasteiger partial charge in [-0.3, -0.25) is 9.59 Å². The lowest BCUT2D eigenvalue weighted by Crippen LogP contribution is -2.54. The van der Waals surface area contributed by atoms with Gasteiger partial charge in [0.1, 0.15) is 36.1 Å². The highest BCUT2D eigenvalue weighted by atomic mass is 16.5. The average molecular weight is 895 g/mol. The molecule has 16 heteroatoms. The van der Waals surface area contributed by atoms with Crippen molar-refractivity contribution in [3.8, 4) is 28.1 Å². The summed E-state index contributed by atoms with van der Waals surface area (Å²) >= 11 is 0. The zero-order chi connectivity index (χ0) is 45.8. The summed E-state index contributed by atoms with van der Waals surface area (Å²) in [6.07, 6.45) is 3.92. The van der Waals surface area contributed by atoms with Crippen molar-refractivity contribution in [2.24, 2.45) is 17.8 Å². The van der Waals surface area contributed by atoms with E-state index in [1.54, 1.807) is 18.2 Å². The van der Waals surface area contributed by atoms with E-state index < -0.39 is 24.3 Å². The Kier molecular flexibility index (Phi) is 11.4. The van der Waals surface area contributed by atoms with Crippen LogP contribution in [-0.2, 0) is 30.4 Å². The van der Waals surface area contributed by atoms with Gasteiger partial charge in [-0.2, -0.15) is 0 Å². The Labute approximate surface area is 381 Å². The summed E-state index contributed by atoms with van der Waals surface area (Å²) in [5.74, 6) is 2.12. The molecule has 0 spiro atoms. The van der Waals surface area contributed by atoms with E-state index in [1.807, 2.05) is 55.1 Å². The van der Waals surface area contributed by atoms with Crippen molar-refractivity contribution in [2.45, 2.75) is 76.3 Å². The molecule has 342 valence electrons. The number of amides is 4. The Morgan fingerprint density at radius 2 is 1.65 bits per heavy atom. The highest BCUT2D eigenvalue weighted by Crippen LogP contribution is 2.50. The minimum absolute atomic E-state index is 0.0690. The van der Waals surface area contributed by atoms with Gasteiger partial charge in [-0.1, -0.05) is 62.4 Å². The monoisotopic (exact) mass is 894 g/mol. The molecule has 1 aliphatic carbocycles. The SMILES string of the molecule is COC[C@H]1C[C@@H](c2ncc(-c3ccc4c(c3)COc3cc5c(ccc6[nH]c([C@@H]7C[C@@H]8CC[C@@H]8N7C(=O)[C@@H](NC(=O)OC)C(C)C)nc65)cc3-4)[nH]2)N(C(=O)[C@H](NC(=O)OC)c2ccccc2)C1. The van der Waals surface area contributed by atoms with Gasteiger partial charge < -0.3 is 49.3 Å². The van der Waals surface area contributed by atoms with Gasteiger partial charge in [0.25, 0.3) is 5.91 Å². The van der Waals surface area contributed by atoms with Gasteiger partial charge in [-0.25, -0.2) is 19.6 Å². The van der Waals surface area contributed by atoms with Crippen molar-refractivity contribution in [2.75, 3.05) is 34.5 Å². The predicted molar refractivity (Wildman–Crippen MR) is 245 cm³/mol. The summed E-state index contributed by atoms with van der Waals surface area (Å²) in [6, 6.07) is 21.6. The topological polar surface area (TPSA) is 193 Å². The zero-order valence-corrected chi connectivity index (χ0v) is 37.6. The summed E-state index contributed by atoms with van der Waals surface area (Å²) in [7, 11) is 4.24. The molecule has 4 N–H and O–H groups in total. The number of carbonyl (C=O) groups is 4. The van der Waals surface area contributed by atoms with Crippen LogP contribution in [0.4, 0.5) is 9.59 Å². The summed E-state index contributed by atoms with van der Waals surface area (Å²) in [5, 5.41) is 7.48. The summed E-state index contributed by atoms with van der Waals surface area (Å²) < 4.78 is 21.8. The third-order valence-electron chi connectivity index (χ3n) is 14.0. The molecule has 2 saturated heterocycles. The molecule has 10 rings (SSSR count). The molecule has 7 atom stereocenters. The number of carbonyl (C=O) groups excluding carboxylic acids is 4. The molecule has 6 aromatic rings. The Hall–Kier alpha value is -6.94. The molecule has 66 heavy (non-hydrogen) atoms. The van der Waals surface area contributed by atoms with Crippen LogP contribution in [0.3, 0.4) is 0 Å². The van der Waals surface area contributed by atoms with Crippen LogP contribution in [0.2, 0.25) is 0 Å². The first-order chi connectivity index (χ1) is 32.0. The van der Waals surface area contributed by atoms with Gasteiger partial charge in [-0.15, -0.1) is 0 Å². The molecular formula is C50H54N8O8. The summed E-state index contributed by atoms with van der Waals surface area (Å²) in [5.41, 5.74) is 7.16. The Morgan fingerprint density at radius 1 is 0.848 bits per heavy atom. The first kappa shape index (κ1) is 43.0. The first-order valence-corrected chi connectivity index (χ1v) is 22.7. The van der Waals surface area contributed by atoms with Crippen LogP contribution < -0.4 is 15.4 Å². The van der Waals surface area contributed by atoms with Gasteiger partial charge in [0.15, 0.2) is 0 Å². The summed E-state index contributed by atoms with van der Waals surface area (Å²) in [4.78, 5) is 74.0. The van der Waals surface area contributed by atoms with Gasteiger partial charge in [0, 0.05) is 36.6 Å². The Bertz CT molecular complexity index is 2840. The second kappa shape index (κ2) is 17.5. The number of likely N-dealkylation sites (tertiary alicyclic amines) is 2. The Balaban J connectivity index is 0.913. The van der Waals surface area contributed by atoms with Crippen LogP contribution >= 0.6 is 0 Å². The number of hydrogen-bond donors (Lipinski definition) is 4. The molecule has 3 fully saturated rings. The molecule has 0 radical (unpaired) electrons. The van der Waals surface area contributed by atoms with Gasteiger partial charge >= 0.3 is 12.2 Å². The number of H-pyrrole nitrogens is 2. The van der Waals surface area contributed by atoms with Crippen molar-refractivity contribution in [1.29, 1.82) is 0 Å². The van der Waals surface area contributed by atoms with Crippen molar-refractivity contribution >= 4 is 45.8 Å². The number of nitrogens with one attached hydrogen (secondary N) is 4. The normalized spacial score (nSPS) is 21.6. The third-order valence-corrected chi connectivity index (χ3v) is 14.0. The second-order valence-electron chi connectivity index (χ2n) is 18.3. The third kappa shape index (κ3) is 7.65. The number of ether oxygens (including phenoxy) is 4. The maximum absolute atomic E-state index is 14.3. The maximum Gasteiger partial charge on any atom is 0.407 e. The van der Waals surface area contributed by atoms with Crippen LogP contribution in [-0.4, -0.2) is 100 Å². The minimum atomic E-state index is -0.947. The number of imidazole rings is 2. The highest BCUT2D eigenvalue weighted by molar-refractivity contribution is 6.07. The van der Waals surface area contributed by atoms with E-state index in [2.05, 4.69) is 57.0 Å². The number of alkyl carbamates (subject to hydrolysis) is 2. The molecule has 2 aromatic heterocycles. The van der Waals surface area contributed by atoms with E-state index >= 15 is 0 Å². The van der Waals surface area contributed by atoms with E-state index in [0.717, 1.165) is 80.6 Å². The van der Waals surface area contributed by atoms with E-state index in [4.69, 9.17) is 28.9 Å². The van der Waals surface area contributed by atoms with E-state index in [-0.39, 0.29) is 41.8 Å². The van der Waals surface area contributed by atoms with Gasteiger partial charge in [-0.05, 0) is 89.4 Å². The Morgan fingerprint density at radius 3 is 2.39 bits per heavy atom. The fraction of sp³-hybridized carbons (Fsp3) is 0.400. The maximum atomic E-state index is 14.3. The number of nitrogens with zero attached hydrogens (tertiary/aromatic N) is 4. The fourth-order valence-corrected chi connectivity index (χ4v) is 10.6. The largest absolute Gasteiger partial charge is 0.488 e. The number of aromatic nitrogens is 4. The number of fused-ring (bicyclic) bond motifs is 7. The number of benzene rings is 4. The quantitative estimate of drug-likeness (QED) is 0.100.